The number of nitrogens with two attached hydrogens (primary N) is 1. The Kier molecular flexibility index (Phi) is 5.44. The van der Waals surface area contributed by atoms with Crippen molar-refractivity contribution in [2.24, 2.45) is 11.1 Å². The standard InChI is InChI=1S/C10H19NS/c1-9(8-11)12-7-5-6-10(2,3)4/h9H,7-8,11H2,1-4H3. The molecule has 0 aromatic carbocycles. The molecule has 2 N–H and O–H groups in total. The lowest BCUT2D eigenvalue weighted by molar-refractivity contribution is 0.571. The van der Waals surface area contributed by atoms with Gasteiger partial charge in [-0.15, -0.1) is 11.8 Å². The van der Waals surface area contributed by atoms with Crippen LogP contribution in [0.2, 0.25) is 0 Å². The van der Waals surface area contributed by atoms with E-state index in [0.717, 1.165) is 12.3 Å². The minimum Gasteiger partial charge on any atom is -0.329 e. The Morgan fingerprint density at radius 2 is 2.00 bits per heavy atom. The van der Waals surface area contributed by atoms with Crippen LogP contribution >= 0.6 is 11.8 Å². The van der Waals surface area contributed by atoms with Crippen molar-refractivity contribution in [3.8, 4) is 11.8 Å². The molecule has 0 spiro atoms. The maximum atomic E-state index is 5.47. The Bertz CT molecular complexity index is 171. The summed E-state index contributed by atoms with van der Waals surface area (Å²) in [5, 5.41) is 0.527. The first-order valence-electron chi connectivity index (χ1n) is 4.27. The van der Waals surface area contributed by atoms with Gasteiger partial charge in [-0.3, -0.25) is 0 Å². The van der Waals surface area contributed by atoms with E-state index in [-0.39, 0.29) is 5.41 Å². The maximum Gasteiger partial charge on any atom is 0.0550 e. The van der Waals surface area contributed by atoms with Crippen LogP contribution in [0.1, 0.15) is 27.7 Å². The van der Waals surface area contributed by atoms with Crippen LogP contribution in [0.3, 0.4) is 0 Å². The largest absolute Gasteiger partial charge is 0.329 e. The van der Waals surface area contributed by atoms with E-state index < -0.39 is 0 Å². The van der Waals surface area contributed by atoms with E-state index in [9.17, 15) is 0 Å². The highest BCUT2D eigenvalue weighted by Gasteiger charge is 2.03. The lowest BCUT2D eigenvalue weighted by atomic mass is 9.98. The van der Waals surface area contributed by atoms with Crippen LogP contribution in [-0.2, 0) is 0 Å². The van der Waals surface area contributed by atoms with Crippen molar-refractivity contribution >= 4 is 11.8 Å². The molecule has 70 valence electrons. The highest BCUT2D eigenvalue weighted by atomic mass is 32.2. The quantitative estimate of drug-likeness (QED) is 0.682. The molecule has 2 heteroatoms. The summed E-state index contributed by atoms with van der Waals surface area (Å²) in [4.78, 5) is 0. The van der Waals surface area contributed by atoms with Crippen LogP contribution < -0.4 is 5.73 Å². The number of rotatable bonds is 3. The van der Waals surface area contributed by atoms with E-state index >= 15 is 0 Å². The predicted octanol–water partition coefficient (Wildman–Crippen LogP) is 2.12. The number of hydrogen-bond acceptors (Lipinski definition) is 2. The Morgan fingerprint density at radius 3 is 2.42 bits per heavy atom. The van der Waals surface area contributed by atoms with Gasteiger partial charge in [0.15, 0.2) is 0 Å². The summed E-state index contributed by atoms with van der Waals surface area (Å²) < 4.78 is 0. The molecule has 0 bridgehead atoms. The van der Waals surface area contributed by atoms with E-state index in [1.54, 1.807) is 0 Å². The van der Waals surface area contributed by atoms with Gasteiger partial charge in [0.25, 0.3) is 0 Å². The molecule has 0 aliphatic heterocycles. The molecule has 1 atom stereocenters. The zero-order chi connectivity index (χ0) is 9.61. The molecule has 0 aromatic heterocycles. The van der Waals surface area contributed by atoms with Gasteiger partial charge in [0.1, 0.15) is 0 Å². The maximum absolute atomic E-state index is 5.47. The summed E-state index contributed by atoms with van der Waals surface area (Å²) in [6, 6.07) is 0. The Labute approximate surface area is 80.5 Å². The third kappa shape index (κ3) is 7.97. The van der Waals surface area contributed by atoms with Crippen molar-refractivity contribution in [3.05, 3.63) is 0 Å². The molecule has 0 radical (unpaired) electrons. The second-order valence-electron chi connectivity index (χ2n) is 3.91. The van der Waals surface area contributed by atoms with E-state index in [1.165, 1.54) is 0 Å². The minimum absolute atomic E-state index is 0.131. The molecule has 0 rings (SSSR count). The van der Waals surface area contributed by atoms with Crippen LogP contribution in [0.4, 0.5) is 0 Å². The van der Waals surface area contributed by atoms with Crippen LogP contribution in [0.25, 0.3) is 0 Å². The Morgan fingerprint density at radius 1 is 1.42 bits per heavy atom. The third-order valence-electron chi connectivity index (χ3n) is 1.24. The van der Waals surface area contributed by atoms with Gasteiger partial charge in [0, 0.05) is 17.2 Å². The third-order valence-corrected chi connectivity index (χ3v) is 2.31. The van der Waals surface area contributed by atoms with Crippen molar-refractivity contribution in [2.45, 2.75) is 32.9 Å². The van der Waals surface area contributed by atoms with E-state index in [1.807, 2.05) is 11.8 Å². The summed E-state index contributed by atoms with van der Waals surface area (Å²) >= 11 is 1.82. The fourth-order valence-electron chi connectivity index (χ4n) is 0.553. The molecule has 12 heavy (non-hydrogen) atoms. The van der Waals surface area contributed by atoms with Gasteiger partial charge < -0.3 is 5.73 Å². The molecule has 1 unspecified atom stereocenters. The molecule has 0 aliphatic rings. The monoisotopic (exact) mass is 185 g/mol. The van der Waals surface area contributed by atoms with Crippen LogP contribution in [-0.4, -0.2) is 17.5 Å². The van der Waals surface area contributed by atoms with Gasteiger partial charge in [0.2, 0.25) is 0 Å². The first-order valence-corrected chi connectivity index (χ1v) is 5.32. The molecule has 0 amide bonds. The predicted molar refractivity (Wildman–Crippen MR) is 58.2 cm³/mol. The van der Waals surface area contributed by atoms with Crippen molar-refractivity contribution in [2.75, 3.05) is 12.3 Å². The van der Waals surface area contributed by atoms with Gasteiger partial charge in [-0.2, -0.15) is 0 Å². The van der Waals surface area contributed by atoms with Crippen LogP contribution in [0, 0.1) is 17.3 Å². The normalized spacial score (nSPS) is 13.4. The molecular weight excluding hydrogens is 166 g/mol. The minimum atomic E-state index is 0.131. The fourth-order valence-corrected chi connectivity index (χ4v) is 1.13. The van der Waals surface area contributed by atoms with Crippen molar-refractivity contribution in [1.29, 1.82) is 0 Å². The number of hydrogen-bond donors (Lipinski definition) is 1. The Hall–Kier alpha value is -0.130. The average molecular weight is 185 g/mol. The first kappa shape index (κ1) is 11.9. The molecule has 0 saturated heterocycles. The van der Waals surface area contributed by atoms with Gasteiger partial charge in [-0.1, -0.05) is 18.8 Å². The molecule has 0 heterocycles. The highest BCUT2D eigenvalue weighted by Crippen LogP contribution is 2.11. The van der Waals surface area contributed by atoms with Crippen molar-refractivity contribution in [3.63, 3.8) is 0 Å². The van der Waals surface area contributed by atoms with Crippen molar-refractivity contribution in [1.82, 2.24) is 0 Å². The second-order valence-corrected chi connectivity index (χ2v) is 5.34. The van der Waals surface area contributed by atoms with E-state index in [2.05, 4.69) is 39.5 Å². The fraction of sp³-hybridized carbons (Fsp3) is 0.800. The smallest absolute Gasteiger partial charge is 0.0550 e. The van der Waals surface area contributed by atoms with Gasteiger partial charge in [0.05, 0.1) is 5.75 Å². The second kappa shape index (κ2) is 5.50. The topological polar surface area (TPSA) is 26.0 Å². The first-order chi connectivity index (χ1) is 5.45. The molecule has 0 saturated carbocycles. The SMILES string of the molecule is CC(CN)SCC#CC(C)(C)C. The summed E-state index contributed by atoms with van der Waals surface area (Å²) in [7, 11) is 0. The summed E-state index contributed by atoms with van der Waals surface area (Å²) in [5.74, 6) is 7.24. The summed E-state index contributed by atoms with van der Waals surface area (Å²) in [6.45, 7) is 9.23. The van der Waals surface area contributed by atoms with Gasteiger partial charge >= 0.3 is 0 Å². The molecule has 0 aromatic rings. The van der Waals surface area contributed by atoms with Crippen molar-refractivity contribution < 1.29 is 0 Å². The highest BCUT2D eigenvalue weighted by molar-refractivity contribution is 8.00. The lowest BCUT2D eigenvalue weighted by Gasteiger charge is -2.07. The van der Waals surface area contributed by atoms with Gasteiger partial charge in [-0.05, 0) is 20.8 Å². The molecule has 0 aliphatic carbocycles. The molecular formula is C10H19NS. The van der Waals surface area contributed by atoms with Crippen LogP contribution in [0.5, 0.6) is 0 Å². The van der Waals surface area contributed by atoms with E-state index in [4.69, 9.17) is 5.73 Å². The zero-order valence-electron chi connectivity index (χ0n) is 8.48. The van der Waals surface area contributed by atoms with Crippen LogP contribution in [0.15, 0.2) is 0 Å². The Balaban J connectivity index is 3.60. The summed E-state index contributed by atoms with van der Waals surface area (Å²) in [6.07, 6.45) is 0. The molecule has 1 nitrogen and oxygen atoms in total. The average Bonchev–Trinajstić information content (AvgIpc) is 1.96. The van der Waals surface area contributed by atoms with E-state index in [0.29, 0.717) is 5.25 Å². The molecule has 0 fully saturated rings. The summed E-state index contributed by atoms with van der Waals surface area (Å²) in [5.41, 5.74) is 5.60. The number of thioether (sulfide) groups is 1. The lowest BCUT2D eigenvalue weighted by Crippen LogP contribution is -2.12. The van der Waals surface area contributed by atoms with Gasteiger partial charge in [-0.25, -0.2) is 0 Å². The zero-order valence-corrected chi connectivity index (χ0v) is 9.29.